The summed E-state index contributed by atoms with van der Waals surface area (Å²) in [5.41, 5.74) is 4.02. The molecule has 5 rings (SSSR count). The summed E-state index contributed by atoms with van der Waals surface area (Å²) in [5.74, 6) is 0.761. The molecule has 0 radical (unpaired) electrons. The number of rotatable bonds is 8. The lowest BCUT2D eigenvalue weighted by atomic mass is 9.58. The zero-order valence-corrected chi connectivity index (χ0v) is 20.5. The van der Waals surface area contributed by atoms with E-state index in [1.165, 1.54) is 23.1 Å². The van der Waals surface area contributed by atoms with Gasteiger partial charge in [0, 0.05) is 23.0 Å². The minimum Gasteiger partial charge on any atom is -0.492 e. The second kappa shape index (κ2) is 9.70. The fourth-order valence-corrected chi connectivity index (χ4v) is 6.38. The van der Waals surface area contributed by atoms with Crippen molar-refractivity contribution in [1.82, 2.24) is 10.0 Å². The molecule has 178 valence electrons. The van der Waals surface area contributed by atoms with Crippen molar-refractivity contribution >= 4 is 21.6 Å². The molecule has 1 atom stereocenters. The molecule has 1 heterocycles. The summed E-state index contributed by atoms with van der Waals surface area (Å²) in [7, 11) is -3.54. The third-order valence-electron chi connectivity index (χ3n) is 7.11. The Morgan fingerprint density at radius 3 is 2.50 bits per heavy atom. The van der Waals surface area contributed by atoms with Crippen LogP contribution in [0.4, 0.5) is 0 Å². The van der Waals surface area contributed by atoms with Crippen LogP contribution in [0.5, 0.6) is 5.75 Å². The molecule has 34 heavy (non-hydrogen) atoms. The Morgan fingerprint density at radius 2 is 1.79 bits per heavy atom. The topological polar surface area (TPSA) is 67.4 Å². The van der Waals surface area contributed by atoms with Gasteiger partial charge in [-0.2, -0.15) is 0 Å². The molecule has 0 amide bonds. The van der Waals surface area contributed by atoms with Gasteiger partial charge in [0.25, 0.3) is 0 Å². The van der Waals surface area contributed by atoms with Gasteiger partial charge in [0.1, 0.15) is 12.4 Å². The molecule has 1 fully saturated rings. The lowest BCUT2D eigenvalue weighted by Gasteiger charge is -2.50. The fraction of sp³-hybridized carbons (Fsp3) is 0.333. The van der Waals surface area contributed by atoms with Crippen molar-refractivity contribution < 1.29 is 13.2 Å². The molecule has 3 aromatic carbocycles. The highest BCUT2D eigenvalue weighted by Gasteiger charge is 2.47. The van der Waals surface area contributed by atoms with Crippen LogP contribution in [0, 0.1) is 0 Å². The lowest BCUT2D eigenvalue weighted by Crippen LogP contribution is -2.49. The van der Waals surface area contributed by atoms with Crippen molar-refractivity contribution in [2.24, 2.45) is 0 Å². The molecular weight excluding hydrogens is 468 g/mol. The van der Waals surface area contributed by atoms with Crippen LogP contribution in [0.2, 0.25) is 5.02 Å². The first-order chi connectivity index (χ1) is 16.5. The largest absolute Gasteiger partial charge is 0.492 e. The van der Waals surface area contributed by atoms with Gasteiger partial charge < -0.3 is 10.1 Å². The van der Waals surface area contributed by atoms with E-state index in [0.717, 1.165) is 36.6 Å². The van der Waals surface area contributed by atoms with Crippen LogP contribution in [0.3, 0.4) is 0 Å². The summed E-state index contributed by atoms with van der Waals surface area (Å²) in [6, 6.07) is 23.2. The Morgan fingerprint density at radius 1 is 1.03 bits per heavy atom. The molecule has 1 aliphatic heterocycles. The van der Waals surface area contributed by atoms with Crippen molar-refractivity contribution in [1.29, 1.82) is 0 Å². The van der Waals surface area contributed by atoms with Gasteiger partial charge in [0.15, 0.2) is 0 Å². The quantitative estimate of drug-likeness (QED) is 0.430. The van der Waals surface area contributed by atoms with E-state index in [4.69, 9.17) is 16.3 Å². The molecule has 1 saturated carbocycles. The maximum atomic E-state index is 12.4. The van der Waals surface area contributed by atoms with Gasteiger partial charge >= 0.3 is 0 Å². The Labute approximate surface area is 206 Å². The van der Waals surface area contributed by atoms with E-state index in [1.54, 1.807) is 30.3 Å². The van der Waals surface area contributed by atoms with Gasteiger partial charge in [-0.25, -0.2) is 13.1 Å². The van der Waals surface area contributed by atoms with E-state index in [0.29, 0.717) is 0 Å². The molecule has 0 saturated heterocycles. The summed E-state index contributed by atoms with van der Waals surface area (Å²) in [4.78, 5) is 0.255. The van der Waals surface area contributed by atoms with Crippen LogP contribution in [-0.4, -0.2) is 28.1 Å². The summed E-state index contributed by atoms with van der Waals surface area (Å²) in [6.45, 7) is 1.41. The van der Waals surface area contributed by atoms with Crippen molar-refractivity contribution in [3.8, 4) is 5.75 Å². The number of fused-ring (bicyclic) bond motifs is 1. The lowest BCUT2D eigenvalue weighted by molar-refractivity contribution is 0.164. The van der Waals surface area contributed by atoms with E-state index < -0.39 is 10.0 Å². The van der Waals surface area contributed by atoms with Crippen molar-refractivity contribution in [3.63, 3.8) is 0 Å². The Kier molecular flexibility index (Phi) is 6.67. The highest BCUT2D eigenvalue weighted by atomic mass is 35.5. The van der Waals surface area contributed by atoms with Crippen LogP contribution in [0.15, 0.2) is 77.7 Å². The molecule has 0 spiro atoms. The zero-order valence-electron chi connectivity index (χ0n) is 19.0. The molecule has 7 heteroatoms. The normalized spacial score (nSPS) is 19.1. The number of ether oxygens (including phenoxy) is 1. The maximum Gasteiger partial charge on any atom is 0.240 e. The molecule has 5 nitrogen and oxygen atoms in total. The predicted molar refractivity (Wildman–Crippen MR) is 135 cm³/mol. The standard InChI is InChI=1S/C27H29ClN2O3S/c28-22-10-8-21(9-11-22)27(14-4-15-27)26-25-19-23(12-7-20(25)13-16-29-26)33-18-17-30-34(31,32)24-5-2-1-3-6-24/h1-3,5-12,19,26,29-30H,4,13-18H2. The van der Waals surface area contributed by atoms with Gasteiger partial charge in [-0.05, 0) is 78.9 Å². The average Bonchev–Trinajstić information content (AvgIpc) is 2.83. The van der Waals surface area contributed by atoms with Crippen LogP contribution in [0.1, 0.15) is 42.0 Å². The fourth-order valence-electron chi connectivity index (χ4n) is 5.22. The predicted octanol–water partition coefficient (Wildman–Crippen LogP) is 5.01. The van der Waals surface area contributed by atoms with Gasteiger partial charge in [-0.15, -0.1) is 0 Å². The third kappa shape index (κ3) is 4.60. The molecule has 1 unspecified atom stereocenters. The van der Waals surface area contributed by atoms with Gasteiger partial charge in [-0.3, -0.25) is 0 Å². The molecule has 0 bridgehead atoms. The Hall–Kier alpha value is -2.38. The number of hydrogen-bond donors (Lipinski definition) is 2. The average molecular weight is 497 g/mol. The molecular formula is C27H29ClN2O3S. The first-order valence-corrected chi connectivity index (χ1v) is 13.6. The van der Waals surface area contributed by atoms with E-state index in [-0.39, 0.29) is 29.5 Å². The Balaban J connectivity index is 1.30. The summed E-state index contributed by atoms with van der Waals surface area (Å²) in [5, 5.41) is 4.54. The number of halogens is 1. The minimum absolute atomic E-state index is 0.0592. The van der Waals surface area contributed by atoms with E-state index in [9.17, 15) is 8.42 Å². The number of hydrogen-bond acceptors (Lipinski definition) is 4. The van der Waals surface area contributed by atoms with E-state index in [1.807, 2.05) is 18.2 Å². The minimum atomic E-state index is -3.54. The molecule has 3 aromatic rings. The number of benzene rings is 3. The van der Waals surface area contributed by atoms with Crippen molar-refractivity contribution in [2.45, 2.75) is 42.0 Å². The van der Waals surface area contributed by atoms with E-state index >= 15 is 0 Å². The van der Waals surface area contributed by atoms with Gasteiger partial charge in [0.05, 0.1) is 4.90 Å². The maximum absolute atomic E-state index is 12.4. The molecule has 2 N–H and O–H groups in total. The Bertz CT molecular complexity index is 1240. The number of sulfonamides is 1. The highest BCUT2D eigenvalue weighted by Crippen LogP contribution is 2.53. The van der Waals surface area contributed by atoms with Crippen LogP contribution < -0.4 is 14.8 Å². The summed E-state index contributed by atoms with van der Waals surface area (Å²) in [6.07, 6.45) is 4.48. The first kappa shape index (κ1) is 23.4. The monoisotopic (exact) mass is 496 g/mol. The third-order valence-corrected chi connectivity index (χ3v) is 8.83. The molecule has 1 aliphatic carbocycles. The second-order valence-electron chi connectivity index (χ2n) is 9.07. The molecule has 0 aromatic heterocycles. The summed E-state index contributed by atoms with van der Waals surface area (Å²) < 4.78 is 33.4. The van der Waals surface area contributed by atoms with Crippen LogP contribution >= 0.6 is 11.6 Å². The highest BCUT2D eigenvalue weighted by molar-refractivity contribution is 7.89. The van der Waals surface area contributed by atoms with E-state index in [2.05, 4.69) is 34.3 Å². The van der Waals surface area contributed by atoms with Crippen LogP contribution in [0.25, 0.3) is 0 Å². The van der Waals surface area contributed by atoms with Crippen molar-refractivity contribution in [2.75, 3.05) is 19.7 Å². The van der Waals surface area contributed by atoms with Crippen molar-refractivity contribution in [3.05, 3.63) is 94.5 Å². The first-order valence-electron chi connectivity index (χ1n) is 11.8. The van der Waals surface area contributed by atoms with Crippen LogP contribution in [-0.2, 0) is 21.9 Å². The summed E-state index contributed by atoms with van der Waals surface area (Å²) >= 11 is 6.16. The zero-order chi connectivity index (χ0) is 23.6. The smallest absolute Gasteiger partial charge is 0.240 e. The second-order valence-corrected chi connectivity index (χ2v) is 11.3. The SMILES string of the molecule is O=S(=O)(NCCOc1ccc2c(c1)C(C1(c3ccc(Cl)cc3)CCC1)NCC2)c1ccccc1. The number of nitrogens with one attached hydrogen (secondary N) is 2. The van der Waals surface area contributed by atoms with Gasteiger partial charge in [0.2, 0.25) is 10.0 Å². The van der Waals surface area contributed by atoms with Gasteiger partial charge in [-0.1, -0.05) is 54.4 Å². The molecule has 2 aliphatic rings.